The predicted octanol–water partition coefficient (Wildman–Crippen LogP) is -2.34. The summed E-state index contributed by atoms with van der Waals surface area (Å²) in [6, 6.07) is 7.78. The minimum atomic E-state index is -1.04. The van der Waals surface area contributed by atoms with Crippen molar-refractivity contribution >= 4 is 11.9 Å². The second kappa shape index (κ2) is 7.63. The van der Waals surface area contributed by atoms with Crippen LogP contribution in [0.3, 0.4) is 0 Å². The van der Waals surface area contributed by atoms with E-state index in [2.05, 4.69) is 36.5 Å². The molecule has 0 radical (unpaired) electrons. The van der Waals surface area contributed by atoms with Gasteiger partial charge in [-0.15, -0.1) is 0 Å². The molecule has 134 valence electrons. The number of hydrogen-bond acceptors (Lipinski definition) is 4. The number of likely N-dealkylation sites (tertiary alicyclic amines) is 1. The van der Waals surface area contributed by atoms with Gasteiger partial charge in [-0.25, -0.2) is 0 Å². The smallest absolute Gasteiger partial charge is 0.548 e. The van der Waals surface area contributed by atoms with Crippen molar-refractivity contribution in [2.75, 3.05) is 6.54 Å². The summed E-state index contributed by atoms with van der Waals surface area (Å²) in [5, 5.41) is 14.5. The number of benzene rings is 1. The van der Waals surface area contributed by atoms with E-state index in [1.165, 1.54) is 11.1 Å². The van der Waals surface area contributed by atoms with Gasteiger partial charge in [-0.3, -0.25) is 9.69 Å². The summed E-state index contributed by atoms with van der Waals surface area (Å²) in [5.74, 6) is -1.06. The van der Waals surface area contributed by atoms with Gasteiger partial charge in [0.15, 0.2) is 0 Å². The summed E-state index contributed by atoms with van der Waals surface area (Å²) < 4.78 is 0. The molecule has 1 saturated carbocycles. The monoisotopic (exact) mass is 364 g/mol. The molecule has 6 heteroatoms. The third-order valence-corrected chi connectivity index (χ3v) is 6.02. The Morgan fingerprint density at radius 1 is 1.12 bits per heavy atom. The van der Waals surface area contributed by atoms with Crippen LogP contribution in [0.4, 0.5) is 0 Å². The van der Waals surface area contributed by atoms with Gasteiger partial charge in [0.25, 0.3) is 0 Å². The third-order valence-electron chi connectivity index (χ3n) is 6.02. The number of nitrogens with zero attached hydrogens (tertiary/aromatic N) is 1. The molecule has 5 nitrogen and oxygen atoms in total. The molecule has 3 aliphatic rings. The Kier molecular flexibility index (Phi) is 5.83. The Balaban J connectivity index is 0.00000196. The van der Waals surface area contributed by atoms with Gasteiger partial charge < -0.3 is 15.2 Å². The van der Waals surface area contributed by atoms with Gasteiger partial charge in [0.1, 0.15) is 0 Å². The van der Waals surface area contributed by atoms with E-state index in [1.54, 1.807) is 0 Å². The number of nitrogens with one attached hydrogen (secondary N) is 1. The summed E-state index contributed by atoms with van der Waals surface area (Å²) in [4.78, 5) is 26.0. The first kappa shape index (κ1) is 19.9. The van der Waals surface area contributed by atoms with Gasteiger partial charge in [0.2, 0.25) is 5.91 Å². The van der Waals surface area contributed by atoms with Crippen LogP contribution >= 0.6 is 0 Å². The first-order valence-electron chi connectivity index (χ1n) is 9.30. The summed E-state index contributed by atoms with van der Waals surface area (Å²) >= 11 is 0. The van der Waals surface area contributed by atoms with Crippen LogP contribution in [0.1, 0.15) is 43.7 Å². The van der Waals surface area contributed by atoms with Crippen LogP contribution < -0.4 is 40.0 Å². The molecule has 1 amide bonds. The van der Waals surface area contributed by atoms with E-state index in [4.69, 9.17) is 0 Å². The number of carbonyl (C=O) groups is 2. The van der Waals surface area contributed by atoms with Crippen molar-refractivity contribution in [3.8, 4) is 0 Å². The molecule has 1 heterocycles. The number of carboxylic acids is 1. The average molecular weight is 364 g/mol. The fourth-order valence-corrected chi connectivity index (χ4v) is 4.65. The Hall–Kier alpha value is -0.880. The van der Waals surface area contributed by atoms with E-state index < -0.39 is 12.0 Å². The summed E-state index contributed by atoms with van der Waals surface area (Å²) in [6.45, 7) is 2.84. The maximum Gasteiger partial charge on any atom is 1.00 e. The van der Waals surface area contributed by atoms with Crippen molar-refractivity contribution < 1.29 is 44.3 Å². The van der Waals surface area contributed by atoms with Crippen molar-refractivity contribution in [2.24, 2.45) is 5.41 Å². The molecule has 1 aromatic rings. The quantitative estimate of drug-likeness (QED) is 0.595. The molecule has 0 aromatic heterocycles. The van der Waals surface area contributed by atoms with E-state index in [9.17, 15) is 14.7 Å². The molecule has 1 N–H and O–H groups in total. The van der Waals surface area contributed by atoms with E-state index in [0.717, 1.165) is 25.7 Å². The Morgan fingerprint density at radius 2 is 1.69 bits per heavy atom. The van der Waals surface area contributed by atoms with Gasteiger partial charge in [0.05, 0.1) is 18.1 Å². The number of carboxylic acid groups (broad SMARTS) is 1. The molecule has 2 fully saturated rings. The van der Waals surface area contributed by atoms with Gasteiger partial charge >= 0.3 is 29.6 Å². The number of carbonyl (C=O) groups excluding carboxylic acids is 2. The summed E-state index contributed by atoms with van der Waals surface area (Å²) in [7, 11) is 0. The molecule has 4 rings (SSSR count). The van der Waals surface area contributed by atoms with Crippen molar-refractivity contribution in [3.05, 3.63) is 35.4 Å². The largest absolute Gasteiger partial charge is 1.00 e. The zero-order valence-corrected chi connectivity index (χ0v) is 17.7. The molecule has 0 bridgehead atoms. The molecule has 1 saturated heterocycles. The molecular formula is C20H25N2NaO3. The molecular weight excluding hydrogens is 339 g/mol. The van der Waals surface area contributed by atoms with Crippen molar-refractivity contribution in [1.29, 1.82) is 0 Å². The van der Waals surface area contributed by atoms with E-state index in [1.807, 2.05) is 4.90 Å². The molecule has 0 spiro atoms. The van der Waals surface area contributed by atoms with E-state index >= 15 is 0 Å². The second-order valence-electron chi connectivity index (χ2n) is 8.26. The maximum absolute atomic E-state index is 12.8. The van der Waals surface area contributed by atoms with Crippen molar-refractivity contribution in [2.45, 2.75) is 63.6 Å². The van der Waals surface area contributed by atoms with Crippen LogP contribution in [0, 0.1) is 5.41 Å². The summed E-state index contributed by atoms with van der Waals surface area (Å²) in [5.41, 5.74) is 2.78. The number of rotatable bonds is 5. The summed E-state index contributed by atoms with van der Waals surface area (Å²) in [6.07, 6.45) is 5.04. The van der Waals surface area contributed by atoms with Gasteiger partial charge in [-0.1, -0.05) is 31.2 Å². The van der Waals surface area contributed by atoms with Gasteiger partial charge in [-0.2, -0.15) is 0 Å². The van der Waals surface area contributed by atoms with Crippen LogP contribution in [0.15, 0.2) is 24.3 Å². The molecule has 2 atom stereocenters. The van der Waals surface area contributed by atoms with Crippen LogP contribution in [-0.2, 0) is 22.4 Å². The minimum Gasteiger partial charge on any atom is -0.548 e. The van der Waals surface area contributed by atoms with Crippen molar-refractivity contribution in [1.82, 2.24) is 10.2 Å². The molecule has 1 aromatic carbocycles. The molecule has 2 unspecified atom stereocenters. The topological polar surface area (TPSA) is 72.5 Å². The Bertz CT molecular complexity index is 679. The van der Waals surface area contributed by atoms with Crippen LogP contribution in [-0.4, -0.2) is 41.4 Å². The normalized spacial score (nSPS) is 26.8. The first-order chi connectivity index (χ1) is 12.0. The van der Waals surface area contributed by atoms with Crippen molar-refractivity contribution in [3.63, 3.8) is 0 Å². The molecule has 1 aliphatic heterocycles. The van der Waals surface area contributed by atoms with E-state index in [0.29, 0.717) is 19.4 Å². The van der Waals surface area contributed by atoms with Crippen LogP contribution in [0.5, 0.6) is 0 Å². The fourth-order valence-electron chi connectivity index (χ4n) is 4.65. The fraction of sp³-hybridized carbons (Fsp3) is 0.600. The third kappa shape index (κ3) is 3.86. The minimum absolute atomic E-state index is 0. The number of hydrogen-bond donors (Lipinski definition) is 1. The Morgan fingerprint density at radius 3 is 2.23 bits per heavy atom. The van der Waals surface area contributed by atoms with Gasteiger partial charge in [-0.05, 0) is 55.1 Å². The molecule has 26 heavy (non-hydrogen) atoms. The first-order valence-corrected chi connectivity index (χ1v) is 9.30. The predicted molar refractivity (Wildman–Crippen MR) is 91.6 cm³/mol. The zero-order chi connectivity index (χ0) is 17.6. The maximum atomic E-state index is 12.8. The number of amides is 1. The average Bonchev–Trinajstić information content (AvgIpc) is 3.21. The van der Waals surface area contributed by atoms with E-state index in [-0.39, 0.29) is 53.0 Å². The van der Waals surface area contributed by atoms with Crippen LogP contribution in [0.25, 0.3) is 0 Å². The SMILES string of the molecule is CC1(CNC(=O)C2CCC(C(=O)[O-])N2C2CC2)Cc2ccccc2C1.[Na+]. The zero-order valence-electron chi connectivity index (χ0n) is 15.7. The van der Waals surface area contributed by atoms with Crippen LogP contribution in [0.2, 0.25) is 0 Å². The number of aliphatic carboxylic acids is 1. The number of fused-ring (bicyclic) bond motifs is 1. The molecule has 2 aliphatic carbocycles. The van der Waals surface area contributed by atoms with Gasteiger partial charge in [0, 0.05) is 12.6 Å². The second-order valence-corrected chi connectivity index (χ2v) is 8.26. The standard InChI is InChI=1S/C20H26N2O3.Na/c1-20(10-13-4-2-3-5-14(13)11-20)12-21-18(23)16-8-9-17(19(24)25)22(16)15-6-7-15;/h2-5,15-17H,6-12H2,1H3,(H,21,23)(H,24,25);/q;+1/p-1. The Labute approximate surface area is 176 Å².